The molecule has 0 spiro atoms. The summed E-state index contributed by atoms with van der Waals surface area (Å²) in [6.45, 7) is 3.85. The smallest absolute Gasteiger partial charge is 0.251 e. The maximum absolute atomic E-state index is 12.6. The third-order valence-electron chi connectivity index (χ3n) is 3.55. The molecule has 1 amide bonds. The van der Waals surface area contributed by atoms with Crippen LogP contribution in [0.1, 0.15) is 36.9 Å². The topological polar surface area (TPSA) is 74.9 Å². The lowest BCUT2D eigenvalue weighted by molar-refractivity contribution is -0.119. The summed E-state index contributed by atoms with van der Waals surface area (Å²) in [7, 11) is 0. The summed E-state index contributed by atoms with van der Waals surface area (Å²) in [6.07, 6.45) is 3.04. The van der Waals surface area contributed by atoms with E-state index in [9.17, 15) is 9.59 Å². The summed E-state index contributed by atoms with van der Waals surface area (Å²) in [5.74, 6) is -0.255. The third kappa shape index (κ3) is 4.07. The first-order valence-electron chi connectivity index (χ1n) is 7.55. The highest BCUT2D eigenvalue weighted by molar-refractivity contribution is 5.93. The molecule has 1 atom stereocenters. The number of pyridine rings is 1. The van der Waals surface area contributed by atoms with Crippen molar-refractivity contribution in [1.29, 1.82) is 5.26 Å². The van der Waals surface area contributed by atoms with Crippen molar-refractivity contribution in [3.05, 3.63) is 64.1 Å². The SMILES string of the molecule is CCCC(C(=O)Nc1cccc(C#N)c1)n1cc(C)ccc1=O. The molecular weight excluding hydrogens is 290 g/mol. The first-order valence-corrected chi connectivity index (χ1v) is 7.55. The van der Waals surface area contributed by atoms with E-state index in [0.717, 1.165) is 12.0 Å². The number of aryl methyl sites for hydroxylation is 1. The van der Waals surface area contributed by atoms with Crippen LogP contribution in [0.5, 0.6) is 0 Å². The third-order valence-corrected chi connectivity index (χ3v) is 3.55. The summed E-state index contributed by atoms with van der Waals surface area (Å²) in [5, 5.41) is 11.7. The van der Waals surface area contributed by atoms with Gasteiger partial charge in [0.05, 0.1) is 11.6 Å². The van der Waals surface area contributed by atoms with Crippen molar-refractivity contribution in [2.24, 2.45) is 0 Å². The fourth-order valence-electron chi connectivity index (χ4n) is 2.42. The normalized spacial score (nSPS) is 11.5. The maximum Gasteiger partial charge on any atom is 0.251 e. The molecule has 1 aromatic heterocycles. The number of aromatic nitrogens is 1. The summed E-state index contributed by atoms with van der Waals surface area (Å²) in [6, 6.07) is 11.4. The van der Waals surface area contributed by atoms with Gasteiger partial charge in [0.1, 0.15) is 6.04 Å². The Morgan fingerprint density at radius 3 is 2.83 bits per heavy atom. The van der Waals surface area contributed by atoms with E-state index < -0.39 is 6.04 Å². The van der Waals surface area contributed by atoms with E-state index >= 15 is 0 Å². The highest BCUT2D eigenvalue weighted by Gasteiger charge is 2.20. The molecule has 0 saturated carbocycles. The number of hydrogen-bond acceptors (Lipinski definition) is 3. The second kappa shape index (κ2) is 7.41. The zero-order valence-electron chi connectivity index (χ0n) is 13.2. The molecule has 2 rings (SSSR count). The molecule has 1 aromatic carbocycles. The number of rotatable bonds is 5. The summed E-state index contributed by atoms with van der Waals surface area (Å²) in [4.78, 5) is 24.7. The number of nitriles is 1. The van der Waals surface area contributed by atoms with Gasteiger partial charge in [-0.05, 0) is 37.1 Å². The number of amides is 1. The zero-order chi connectivity index (χ0) is 16.8. The Kier molecular flexibility index (Phi) is 5.32. The minimum atomic E-state index is -0.571. The van der Waals surface area contributed by atoms with Gasteiger partial charge >= 0.3 is 0 Å². The Hall–Kier alpha value is -2.87. The molecule has 1 heterocycles. The molecule has 1 unspecified atom stereocenters. The number of hydrogen-bond donors (Lipinski definition) is 1. The van der Waals surface area contributed by atoms with Crippen LogP contribution in [0, 0.1) is 18.3 Å². The Balaban J connectivity index is 2.30. The number of nitrogens with zero attached hydrogens (tertiary/aromatic N) is 2. The van der Waals surface area contributed by atoms with E-state index in [0.29, 0.717) is 17.7 Å². The Bertz CT molecular complexity index is 802. The molecule has 0 saturated heterocycles. The molecule has 0 fully saturated rings. The van der Waals surface area contributed by atoms with Gasteiger partial charge in [0.15, 0.2) is 0 Å². The average Bonchev–Trinajstić information content (AvgIpc) is 2.55. The molecule has 5 heteroatoms. The monoisotopic (exact) mass is 309 g/mol. The van der Waals surface area contributed by atoms with Crippen LogP contribution < -0.4 is 10.9 Å². The quantitative estimate of drug-likeness (QED) is 0.922. The van der Waals surface area contributed by atoms with Crippen LogP contribution in [0.15, 0.2) is 47.4 Å². The Morgan fingerprint density at radius 2 is 2.13 bits per heavy atom. The van der Waals surface area contributed by atoms with Gasteiger partial charge < -0.3 is 9.88 Å². The van der Waals surface area contributed by atoms with E-state index in [-0.39, 0.29) is 11.5 Å². The van der Waals surface area contributed by atoms with E-state index in [2.05, 4.69) is 5.32 Å². The van der Waals surface area contributed by atoms with Crippen molar-refractivity contribution < 1.29 is 4.79 Å². The van der Waals surface area contributed by atoms with Gasteiger partial charge in [-0.2, -0.15) is 5.26 Å². The molecule has 5 nitrogen and oxygen atoms in total. The molecule has 1 N–H and O–H groups in total. The average molecular weight is 309 g/mol. The Labute approximate surface area is 135 Å². The van der Waals surface area contributed by atoms with Gasteiger partial charge in [-0.3, -0.25) is 9.59 Å². The number of carbonyl (C=O) groups is 1. The van der Waals surface area contributed by atoms with Crippen LogP contribution >= 0.6 is 0 Å². The van der Waals surface area contributed by atoms with E-state index in [4.69, 9.17) is 5.26 Å². The molecule has 0 aliphatic carbocycles. The lowest BCUT2D eigenvalue weighted by Gasteiger charge is -2.19. The van der Waals surface area contributed by atoms with Crippen LogP contribution in [-0.2, 0) is 4.79 Å². The van der Waals surface area contributed by atoms with Crippen LogP contribution in [0.2, 0.25) is 0 Å². The van der Waals surface area contributed by atoms with Crippen molar-refractivity contribution >= 4 is 11.6 Å². The molecule has 118 valence electrons. The minimum Gasteiger partial charge on any atom is -0.324 e. The highest BCUT2D eigenvalue weighted by Crippen LogP contribution is 2.17. The molecular formula is C18H19N3O2. The maximum atomic E-state index is 12.6. The van der Waals surface area contributed by atoms with Crippen molar-refractivity contribution in [3.8, 4) is 6.07 Å². The molecule has 0 aliphatic heterocycles. The summed E-state index contributed by atoms with van der Waals surface area (Å²) in [5.41, 5.74) is 1.75. The minimum absolute atomic E-state index is 0.199. The van der Waals surface area contributed by atoms with E-state index in [1.807, 2.05) is 19.9 Å². The Morgan fingerprint density at radius 1 is 1.35 bits per heavy atom. The molecule has 0 aliphatic rings. The van der Waals surface area contributed by atoms with E-state index in [1.54, 1.807) is 36.5 Å². The number of benzene rings is 1. The second-order valence-electron chi connectivity index (χ2n) is 5.44. The van der Waals surface area contributed by atoms with Crippen molar-refractivity contribution in [1.82, 2.24) is 4.57 Å². The first kappa shape index (κ1) is 16.5. The fraction of sp³-hybridized carbons (Fsp3) is 0.278. The molecule has 2 aromatic rings. The van der Waals surface area contributed by atoms with E-state index in [1.165, 1.54) is 10.6 Å². The second-order valence-corrected chi connectivity index (χ2v) is 5.44. The largest absolute Gasteiger partial charge is 0.324 e. The molecule has 0 bridgehead atoms. The van der Waals surface area contributed by atoms with Gasteiger partial charge in [0, 0.05) is 18.0 Å². The van der Waals surface area contributed by atoms with Gasteiger partial charge in [-0.1, -0.05) is 25.5 Å². The van der Waals surface area contributed by atoms with Crippen LogP contribution in [0.4, 0.5) is 5.69 Å². The van der Waals surface area contributed by atoms with Gasteiger partial charge in [-0.25, -0.2) is 0 Å². The molecule has 0 radical (unpaired) electrons. The number of nitrogens with one attached hydrogen (secondary N) is 1. The van der Waals surface area contributed by atoms with Crippen molar-refractivity contribution in [3.63, 3.8) is 0 Å². The van der Waals surface area contributed by atoms with Crippen molar-refractivity contribution in [2.75, 3.05) is 5.32 Å². The van der Waals surface area contributed by atoms with Crippen LogP contribution in [-0.4, -0.2) is 10.5 Å². The van der Waals surface area contributed by atoms with Gasteiger partial charge in [0.25, 0.3) is 5.56 Å². The van der Waals surface area contributed by atoms with Crippen LogP contribution in [0.3, 0.4) is 0 Å². The summed E-state index contributed by atoms with van der Waals surface area (Å²) >= 11 is 0. The highest BCUT2D eigenvalue weighted by atomic mass is 16.2. The number of carbonyl (C=O) groups excluding carboxylic acids is 1. The summed E-state index contributed by atoms with van der Waals surface area (Å²) < 4.78 is 1.47. The van der Waals surface area contributed by atoms with Crippen LogP contribution in [0.25, 0.3) is 0 Å². The predicted octanol–water partition coefficient (Wildman–Crippen LogP) is 3.01. The first-order chi connectivity index (χ1) is 11.0. The zero-order valence-corrected chi connectivity index (χ0v) is 13.2. The van der Waals surface area contributed by atoms with Crippen molar-refractivity contribution in [2.45, 2.75) is 32.7 Å². The lowest BCUT2D eigenvalue weighted by Crippen LogP contribution is -2.33. The molecule has 23 heavy (non-hydrogen) atoms. The number of anilines is 1. The standard InChI is InChI=1S/C18H19N3O2/c1-3-5-16(21-12-13(2)8-9-17(21)22)18(23)20-15-7-4-6-14(10-15)11-19/h4,6-10,12,16H,3,5H2,1-2H3,(H,20,23). The predicted molar refractivity (Wildman–Crippen MR) is 89.2 cm³/mol. The van der Waals surface area contributed by atoms with Gasteiger partial charge in [0.2, 0.25) is 5.91 Å². The fourth-order valence-corrected chi connectivity index (χ4v) is 2.42. The lowest BCUT2D eigenvalue weighted by atomic mass is 10.1. The van der Waals surface area contributed by atoms with Gasteiger partial charge in [-0.15, -0.1) is 0 Å².